The first-order valence-electron chi connectivity index (χ1n) is 9.29. The first-order chi connectivity index (χ1) is 13.9. The highest BCUT2D eigenvalue weighted by Gasteiger charge is 2.21. The van der Waals surface area contributed by atoms with Crippen LogP contribution in [0.2, 0.25) is 0 Å². The summed E-state index contributed by atoms with van der Waals surface area (Å²) in [6.07, 6.45) is 1.68. The summed E-state index contributed by atoms with van der Waals surface area (Å²) >= 11 is 1.41. The van der Waals surface area contributed by atoms with Gasteiger partial charge in [-0.2, -0.15) is 4.99 Å². The van der Waals surface area contributed by atoms with Gasteiger partial charge < -0.3 is 9.30 Å². The number of para-hydroxylation sites is 1. The van der Waals surface area contributed by atoms with Gasteiger partial charge in [0.2, 0.25) is 10.0 Å². The van der Waals surface area contributed by atoms with Crippen LogP contribution in [0.25, 0.3) is 10.2 Å². The molecule has 7 nitrogen and oxygen atoms in total. The lowest BCUT2D eigenvalue weighted by Crippen LogP contribution is -2.31. The summed E-state index contributed by atoms with van der Waals surface area (Å²) < 4.78 is 36.1. The second-order valence-corrected chi connectivity index (χ2v) is 9.62. The molecule has 152 valence electrons. The van der Waals surface area contributed by atoms with Crippen LogP contribution >= 0.6 is 11.3 Å². The summed E-state index contributed by atoms with van der Waals surface area (Å²) in [6.45, 7) is 0.884. The van der Waals surface area contributed by atoms with Crippen molar-refractivity contribution in [2.24, 2.45) is 12.0 Å². The normalized spacial score (nSPS) is 17.8. The highest BCUT2D eigenvalue weighted by atomic mass is 32.2. The molecule has 0 bridgehead atoms. The van der Waals surface area contributed by atoms with Crippen molar-refractivity contribution in [3.8, 4) is 0 Å². The second kappa shape index (κ2) is 8.19. The van der Waals surface area contributed by atoms with Crippen molar-refractivity contribution in [1.82, 2.24) is 9.29 Å². The zero-order valence-corrected chi connectivity index (χ0v) is 17.5. The zero-order valence-electron chi connectivity index (χ0n) is 15.9. The van der Waals surface area contributed by atoms with E-state index in [2.05, 4.69) is 9.71 Å². The average Bonchev–Trinajstić information content (AvgIpc) is 3.35. The Morgan fingerprint density at radius 3 is 2.86 bits per heavy atom. The predicted octanol–water partition coefficient (Wildman–Crippen LogP) is 2.44. The fourth-order valence-electron chi connectivity index (χ4n) is 3.23. The molecule has 0 radical (unpaired) electrons. The number of hydrogen-bond donors (Lipinski definition) is 1. The smallest absolute Gasteiger partial charge is 0.279 e. The number of sulfonamides is 1. The molecule has 1 aliphatic heterocycles. The molecule has 2 aromatic carbocycles. The van der Waals surface area contributed by atoms with Crippen molar-refractivity contribution < 1.29 is 17.9 Å². The van der Waals surface area contributed by atoms with Crippen LogP contribution in [-0.2, 0) is 21.8 Å². The van der Waals surface area contributed by atoms with Gasteiger partial charge in [0.05, 0.1) is 21.2 Å². The summed E-state index contributed by atoms with van der Waals surface area (Å²) in [4.78, 5) is 17.5. The predicted molar refractivity (Wildman–Crippen MR) is 111 cm³/mol. The van der Waals surface area contributed by atoms with Crippen LogP contribution in [0.15, 0.2) is 58.4 Å². The van der Waals surface area contributed by atoms with Gasteiger partial charge in [-0.15, -0.1) is 0 Å². The Morgan fingerprint density at radius 1 is 1.28 bits per heavy atom. The van der Waals surface area contributed by atoms with Crippen LogP contribution in [0.4, 0.5) is 0 Å². The zero-order chi connectivity index (χ0) is 20.4. The number of hydrogen-bond acceptors (Lipinski definition) is 5. The van der Waals surface area contributed by atoms with E-state index in [9.17, 15) is 13.2 Å². The molecule has 2 heterocycles. The minimum absolute atomic E-state index is 0.0391. The van der Waals surface area contributed by atoms with Gasteiger partial charge in [0.15, 0.2) is 4.80 Å². The first kappa shape index (κ1) is 20.0. The molecule has 0 aliphatic carbocycles. The first-order valence-corrected chi connectivity index (χ1v) is 11.6. The molecule has 1 atom stereocenters. The number of nitrogens with one attached hydrogen (secondary N) is 1. The van der Waals surface area contributed by atoms with Crippen molar-refractivity contribution in [2.75, 3.05) is 13.2 Å². The second-order valence-electron chi connectivity index (χ2n) is 6.84. The number of carbonyl (C=O) groups is 1. The molecule has 0 saturated carbocycles. The number of aryl methyl sites for hydroxylation is 1. The molecule has 1 aromatic heterocycles. The molecule has 1 amide bonds. The Labute approximate surface area is 172 Å². The molecule has 1 fully saturated rings. The summed E-state index contributed by atoms with van der Waals surface area (Å²) in [7, 11) is -1.88. The Kier molecular flexibility index (Phi) is 5.64. The molecule has 4 rings (SSSR count). The van der Waals surface area contributed by atoms with Crippen LogP contribution in [0.5, 0.6) is 0 Å². The van der Waals surface area contributed by atoms with Crippen LogP contribution in [-0.4, -0.2) is 38.1 Å². The Balaban J connectivity index is 1.59. The van der Waals surface area contributed by atoms with Gasteiger partial charge in [0.1, 0.15) is 0 Å². The van der Waals surface area contributed by atoms with Crippen LogP contribution in [0.3, 0.4) is 0 Å². The van der Waals surface area contributed by atoms with Crippen molar-refractivity contribution in [3.05, 3.63) is 58.9 Å². The summed E-state index contributed by atoms with van der Waals surface area (Å²) in [5, 5.41) is 0. The van der Waals surface area contributed by atoms with Crippen molar-refractivity contribution >= 4 is 37.5 Å². The maximum atomic E-state index is 12.7. The molecular formula is C20H21N3O4S2. The SMILES string of the molecule is Cn1c(=NC(=O)c2cccc(S(=O)(=O)NCC3CCCO3)c2)sc2ccccc21. The lowest BCUT2D eigenvalue weighted by atomic mass is 10.2. The van der Waals surface area contributed by atoms with Gasteiger partial charge in [-0.3, -0.25) is 4.79 Å². The van der Waals surface area contributed by atoms with Gasteiger partial charge in [-0.05, 0) is 43.2 Å². The van der Waals surface area contributed by atoms with E-state index in [1.807, 2.05) is 35.9 Å². The molecule has 3 aromatic rings. The third-order valence-corrected chi connectivity index (χ3v) is 7.36. The molecular weight excluding hydrogens is 410 g/mol. The van der Waals surface area contributed by atoms with Crippen molar-refractivity contribution in [3.63, 3.8) is 0 Å². The molecule has 29 heavy (non-hydrogen) atoms. The van der Waals surface area contributed by atoms with E-state index in [1.165, 1.54) is 23.5 Å². The molecule has 1 saturated heterocycles. The number of fused-ring (bicyclic) bond motifs is 1. The Hall–Kier alpha value is -2.33. The van der Waals surface area contributed by atoms with Crippen molar-refractivity contribution in [2.45, 2.75) is 23.8 Å². The minimum atomic E-state index is -3.73. The minimum Gasteiger partial charge on any atom is -0.377 e. The maximum absolute atomic E-state index is 12.7. The number of nitrogens with zero attached hydrogens (tertiary/aromatic N) is 2. The molecule has 1 aliphatic rings. The topological polar surface area (TPSA) is 89.8 Å². The van der Waals surface area contributed by atoms with E-state index in [0.29, 0.717) is 11.4 Å². The number of thiazole rings is 1. The van der Waals surface area contributed by atoms with E-state index >= 15 is 0 Å². The van der Waals surface area contributed by atoms with Gasteiger partial charge >= 0.3 is 0 Å². The van der Waals surface area contributed by atoms with Crippen LogP contribution in [0.1, 0.15) is 23.2 Å². The lowest BCUT2D eigenvalue weighted by Gasteiger charge is -2.11. The largest absolute Gasteiger partial charge is 0.377 e. The number of carbonyl (C=O) groups excluding carboxylic acids is 1. The van der Waals surface area contributed by atoms with Gasteiger partial charge in [0, 0.05) is 25.8 Å². The van der Waals surface area contributed by atoms with E-state index in [-0.39, 0.29) is 23.1 Å². The number of amides is 1. The number of aromatic nitrogens is 1. The van der Waals surface area contributed by atoms with E-state index in [1.54, 1.807) is 12.1 Å². The van der Waals surface area contributed by atoms with E-state index < -0.39 is 15.9 Å². The molecule has 1 N–H and O–H groups in total. The highest BCUT2D eigenvalue weighted by molar-refractivity contribution is 7.89. The van der Waals surface area contributed by atoms with Gasteiger partial charge in [-0.25, -0.2) is 13.1 Å². The monoisotopic (exact) mass is 431 g/mol. The van der Waals surface area contributed by atoms with Gasteiger partial charge in [-0.1, -0.05) is 29.5 Å². The Morgan fingerprint density at radius 2 is 2.10 bits per heavy atom. The third-order valence-electron chi connectivity index (χ3n) is 4.83. The summed E-state index contributed by atoms with van der Waals surface area (Å²) in [5.74, 6) is -0.483. The average molecular weight is 432 g/mol. The van der Waals surface area contributed by atoms with Crippen LogP contribution in [0, 0.1) is 0 Å². The van der Waals surface area contributed by atoms with Gasteiger partial charge in [0.25, 0.3) is 5.91 Å². The van der Waals surface area contributed by atoms with Crippen molar-refractivity contribution in [1.29, 1.82) is 0 Å². The number of benzene rings is 2. The Bertz CT molecular complexity index is 1220. The fourth-order valence-corrected chi connectivity index (χ4v) is 5.36. The summed E-state index contributed by atoms with van der Waals surface area (Å²) in [5.41, 5.74) is 1.21. The highest BCUT2D eigenvalue weighted by Crippen LogP contribution is 2.17. The number of ether oxygens (including phenoxy) is 1. The lowest BCUT2D eigenvalue weighted by molar-refractivity contribution is 0.0997. The molecule has 9 heteroatoms. The molecule has 0 spiro atoms. The molecule has 1 unspecified atom stereocenters. The maximum Gasteiger partial charge on any atom is 0.279 e. The number of rotatable bonds is 5. The standard InChI is InChI=1S/C20H21N3O4S2/c1-23-17-9-2-3-10-18(17)28-20(23)22-19(24)14-6-4-8-16(12-14)29(25,26)21-13-15-7-5-11-27-15/h2-4,6,8-10,12,15,21H,5,7,11,13H2,1H3. The summed E-state index contributed by atoms with van der Waals surface area (Å²) in [6, 6.07) is 13.7. The van der Waals surface area contributed by atoms with Crippen LogP contribution < -0.4 is 9.52 Å². The quantitative estimate of drug-likeness (QED) is 0.672. The third kappa shape index (κ3) is 4.32. The van der Waals surface area contributed by atoms with E-state index in [4.69, 9.17) is 4.74 Å². The fraction of sp³-hybridized carbons (Fsp3) is 0.300. The van der Waals surface area contributed by atoms with E-state index in [0.717, 1.165) is 23.1 Å².